The highest BCUT2D eigenvalue weighted by Crippen LogP contribution is 2.43. The summed E-state index contributed by atoms with van der Waals surface area (Å²) in [5.41, 5.74) is 0.473. The molecule has 0 aromatic heterocycles. The molecule has 0 heterocycles. The van der Waals surface area contributed by atoms with Gasteiger partial charge in [-0.15, -0.1) is 15.3 Å². The van der Waals surface area contributed by atoms with Crippen LogP contribution in [0.5, 0.6) is 5.75 Å². The van der Waals surface area contributed by atoms with E-state index in [0.717, 1.165) is 18.2 Å². The van der Waals surface area contributed by atoms with Crippen molar-refractivity contribution in [3.63, 3.8) is 0 Å². The Morgan fingerprint density at radius 1 is 0.822 bits per heavy atom. The number of hydrogen-bond acceptors (Lipinski definition) is 12. The van der Waals surface area contributed by atoms with Crippen LogP contribution in [0.25, 0.3) is 26.5 Å². The van der Waals surface area contributed by atoms with Crippen molar-refractivity contribution >= 4 is 81.8 Å². The van der Waals surface area contributed by atoms with Crippen LogP contribution in [0.4, 0.5) is 34.1 Å². The maximum absolute atomic E-state index is 12.1. The number of rotatable bonds is 7. The van der Waals surface area contributed by atoms with Gasteiger partial charge in [0.1, 0.15) is 15.8 Å². The van der Waals surface area contributed by atoms with Crippen LogP contribution in [-0.2, 0) is 25.0 Å². The van der Waals surface area contributed by atoms with Crippen molar-refractivity contribution in [1.29, 1.82) is 5.39 Å². The van der Waals surface area contributed by atoms with Crippen LogP contribution in [-0.4, -0.2) is 37.0 Å². The molecule has 17 heteroatoms. The third-order valence-electron chi connectivity index (χ3n) is 6.38. The topological polar surface area (TPSA) is 238 Å². The molecule has 5 aromatic rings. The van der Waals surface area contributed by atoms with E-state index in [1.54, 1.807) is 24.3 Å². The number of nitrogens with zero attached hydrogens (tertiary/aromatic N) is 6. The van der Waals surface area contributed by atoms with Crippen molar-refractivity contribution in [1.82, 2.24) is 0 Å². The molecule has 0 atom stereocenters. The van der Waals surface area contributed by atoms with Gasteiger partial charge in [0, 0.05) is 40.9 Å². The third-order valence-corrected chi connectivity index (χ3v) is 8.08. The molecule has 0 saturated carbocycles. The molecular weight excluding hydrogens is 626 g/mol. The lowest BCUT2D eigenvalue weighted by atomic mass is 10.1. The van der Waals surface area contributed by atoms with Crippen LogP contribution >= 0.6 is 0 Å². The number of nitrogens with one attached hydrogen (secondary N) is 1. The highest BCUT2D eigenvalue weighted by molar-refractivity contribution is 7.86. The largest absolute Gasteiger partial charge is 0.744 e. The van der Waals surface area contributed by atoms with E-state index in [1.165, 1.54) is 43.3 Å². The minimum absolute atomic E-state index is 0.0233. The zero-order valence-electron chi connectivity index (χ0n) is 22.8. The number of carbonyl (C=O) groups is 1. The molecule has 226 valence electrons. The first-order valence-electron chi connectivity index (χ1n) is 12.6. The first-order chi connectivity index (χ1) is 21.2. The van der Waals surface area contributed by atoms with Crippen molar-refractivity contribution in [2.75, 3.05) is 5.32 Å². The Morgan fingerprint density at radius 2 is 1.49 bits per heavy atom. The van der Waals surface area contributed by atoms with Crippen LogP contribution < -0.4 is 5.32 Å². The zero-order chi connectivity index (χ0) is 32.5. The van der Waals surface area contributed by atoms with E-state index in [0.29, 0.717) is 11.4 Å². The van der Waals surface area contributed by atoms with Gasteiger partial charge in [-0.2, -0.15) is 13.5 Å². The molecular formula is C28H19N7O8S2. The van der Waals surface area contributed by atoms with Crippen LogP contribution in [0, 0.1) is 5.39 Å². The van der Waals surface area contributed by atoms with Crippen molar-refractivity contribution in [2.45, 2.75) is 16.7 Å². The number of azo groups is 2. The van der Waals surface area contributed by atoms with Gasteiger partial charge in [0.05, 0.1) is 26.9 Å². The van der Waals surface area contributed by atoms with Crippen LogP contribution in [0.15, 0.2) is 109 Å². The van der Waals surface area contributed by atoms with Crippen molar-refractivity contribution < 1.29 is 35.8 Å². The van der Waals surface area contributed by atoms with Gasteiger partial charge in [-0.3, -0.25) is 9.35 Å². The summed E-state index contributed by atoms with van der Waals surface area (Å²) in [6.45, 7) is 1.36. The van der Waals surface area contributed by atoms with Crippen molar-refractivity contribution in [3.8, 4) is 5.75 Å². The van der Waals surface area contributed by atoms with Gasteiger partial charge in [0.25, 0.3) is 10.1 Å². The van der Waals surface area contributed by atoms with E-state index in [-0.39, 0.29) is 44.5 Å². The Balaban J connectivity index is 1.64. The lowest BCUT2D eigenvalue weighted by Crippen LogP contribution is -2.04. The SMILES string of the molecule is CC(=O)Nc1ccc(N=Nc2ccc(N=Nc3c(S(=O)(=O)[O-])cc4ccc([N+]#N)cc4c3O)c3ccc(S(=O)(=O)O)cc23)cc1. The number of carbonyl (C=O) groups excluding carboxylic acids is 1. The van der Waals surface area contributed by atoms with Crippen molar-refractivity contribution in [3.05, 3.63) is 83.8 Å². The highest BCUT2D eigenvalue weighted by Gasteiger charge is 2.20. The van der Waals surface area contributed by atoms with E-state index < -0.39 is 41.5 Å². The summed E-state index contributed by atoms with van der Waals surface area (Å²) in [6.07, 6.45) is 0. The van der Waals surface area contributed by atoms with E-state index in [4.69, 9.17) is 5.39 Å². The molecule has 0 radical (unpaired) electrons. The molecule has 0 unspecified atom stereocenters. The number of hydrogen-bond donors (Lipinski definition) is 3. The third kappa shape index (κ3) is 6.63. The normalized spacial score (nSPS) is 12.2. The standard InChI is InChI=1S/C28H19N7O8S2/c1-15(36)30-17-4-6-18(7-5-17)32-33-25-11-10-24(21-9-8-20(14-23(21)25)44(38,39)40)34-35-27-26(45(41,42)43)12-16-2-3-19(31-29)13-22(16)28(27)37/h2-14,29H,1H3,(H2,38,39,40,41,42,43). The summed E-state index contributed by atoms with van der Waals surface area (Å²) in [5, 5.41) is 39.4. The summed E-state index contributed by atoms with van der Waals surface area (Å²) in [6, 6.07) is 17.6. The zero-order valence-corrected chi connectivity index (χ0v) is 24.5. The summed E-state index contributed by atoms with van der Waals surface area (Å²) in [4.78, 5) is 13.0. The molecule has 3 N–H and O–H groups in total. The number of diazo groups is 1. The Kier molecular flexibility index (Phi) is 8.06. The maximum Gasteiger partial charge on any atom is 0.385 e. The van der Waals surface area contributed by atoms with Gasteiger partial charge < -0.3 is 15.0 Å². The second-order valence-corrected chi connectivity index (χ2v) is 12.2. The lowest BCUT2D eigenvalue weighted by Gasteiger charge is -2.13. The Morgan fingerprint density at radius 3 is 2.11 bits per heavy atom. The molecule has 0 bridgehead atoms. The fourth-order valence-electron chi connectivity index (χ4n) is 4.34. The number of benzene rings is 5. The Hall–Kier alpha value is -5.67. The highest BCUT2D eigenvalue weighted by atomic mass is 32.2. The molecule has 0 saturated heterocycles. The summed E-state index contributed by atoms with van der Waals surface area (Å²) in [7, 11) is -9.80. The second-order valence-electron chi connectivity index (χ2n) is 9.45. The first kappa shape index (κ1) is 30.8. The molecule has 1 amide bonds. The van der Waals surface area contributed by atoms with E-state index in [9.17, 15) is 35.8 Å². The molecule has 0 aliphatic carbocycles. The van der Waals surface area contributed by atoms with E-state index >= 15 is 0 Å². The number of aromatic hydroxyl groups is 1. The molecule has 5 rings (SSSR count). The minimum atomic E-state index is -5.16. The quantitative estimate of drug-likeness (QED) is 0.0925. The smallest absolute Gasteiger partial charge is 0.385 e. The molecule has 45 heavy (non-hydrogen) atoms. The molecule has 0 aliphatic rings. The summed E-state index contributed by atoms with van der Waals surface area (Å²) >= 11 is 0. The van der Waals surface area contributed by atoms with Crippen LogP contribution in [0.2, 0.25) is 0 Å². The number of phenols is 1. The van der Waals surface area contributed by atoms with Gasteiger partial charge in [-0.05, 0) is 66.0 Å². The van der Waals surface area contributed by atoms with Gasteiger partial charge in [0.15, 0.2) is 10.7 Å². The Bertz CT molecular complexity index is 2350. The minimum Gasteiger partial charge on any atom is -0.744 e. The summed E-state index contributed by atoms with van der Waals surface area (Å²) in [5.74, 6) is -0.972. The van der Waals surface area contributed by atoms with Crippen LogP contribution in [0.3, 0.4) is 0 Å². The van der Waals surface area contributed by atoms with Gasteiger partial charge in [0.2, 0.25) is 11.3 Å². The van der Waals surface area contributed by atoms with Gasteiger partial charge >= 0.3 is 5.69 Å². The average molecular weight is 646 g/mol. The van der Waals surface area contributed by atoms with Gasteiger partial charge in [-0.25, -0.2) is 8.42 Å². The molecule has 0 aliphatic heterocycles. The fraction of sp³-hybridized carbons (Fsp3) is 0.0357. The second kappa shape index (κ2) is 11.8. The number of phenolic OH excluding ortho intramolecular Hbond substituents is 1. The first-order valence-corrected chi connectivity index (χ1v) is 15.5. The Labute approximate surface area is 254 Å². The van der Waals surface area contributed by atoms with E-state index in [2.05, 4.69) is 30.7 Å². The molecule has 5 aromatic carbocycles. The predicted molar refractivity (Wildman–Crippen MR) is 161 cm³/mol. The molecule has 15 nitrogen and oxygen atoms in total. The monoisotopic (exact) mass is 645 g/mol. The van der Waals surface area contributed by atoms with Gasteiger partial charge in [-0.1, -0.05) is 6.07 Å². The number of anilines is 1. The molecule has 0 fully saturated rings. The number of amides is 1. The fourth-order valence-corrected chi connectivity index (χ4v) is 5.49. The molecule has 0 spiro atoms. The number of fused-ring (bicyclic) bond motifs is 2. The van der Waals surface area contributed by atoms with Crippen LogP contribution in [0.1, 0.15) is 6.92 Å². The maximum atomic E-state index is 12.1. The average Bonchev–Trinajstić information content (AvgIpc) is 2.98. The van der Waals surface area contributed by atoms with Crippen molar-refractivity contribution in [2.24, 2.45) is 20.5 Å². The summed E-state index contributed by atoms with van der Waals surface area (Å²) < 4.78 is 69.6. The van der Waals surface area contributed by atoms with E-state index in [1.807, 2.05) is 0 Å². The predicted octanol–water partition coefficient (Wildman–Crippen LogP) is 7.12. The lowest BCUT2D eigenvalue weighted by molar-refractivity contribution is -0.114.